The van der Waals surface area contributed by atoms with Crippen molar-refractivity contribution < 1.29 is 18.3 Å². The molecule has 1 saturated carbocycles. The summed E-state index contributed by atoms with van der Waals surface area (Å²) in [4.78, 5) is 17.8. The number of hydrogen-bond donors (Lipinski definition) is 1. The first-order valence-electron chi connectivity index (χ1n) is 11.6. The number of alkyl halides is 2. The third-order valence-electron chi connectivity index (χ3n) is 6.85. The van der Waals surface area contributed by atoms with E-state index in [0.29, 0.717) is 24.8 Å². The highest BCUT2D eigenvalue weighted by Gasteiger charge is 2.27. The molecule has 0 radical (unpaired) electrons. The Morgan fingerprint density at radius 1 is 1.18 bits per heavy atom. The van der Waals surface area contributed by atoms with Crippen LogP contribution in [-0.2, 0) is 4.74 Å². The van der Waals surface area contributed by atoms with Crippen molar-refractivity contribution in [3.8, 4) is 0 Å². The minimum Gasteiger partial charge on any atom is -0.381 e. The van der Waals surface area contributed by atoms with E-state index in [0.717, 1.165) is 44.2 Å². The van der Waals surface area contributed by atoms with Crippen LogP contribution >= 0.6 is 0 Å². The summed E-state index contributed by atoms with van der Waals surface area (Å²) in [6, 6.07) is 1.98. The number of carbonyl (C=O) groups is 1. The highest BCUT2D eigenvalue weighted by molar-refractivity contribution is 6.08. The van der Waals surface area contributed by atoms with Crippen molar-refractivity contribution in [2.45, 2.75) is 63.8 Å². The van der Waals surface area contributed by atoms with Crippen LogP contribution in [0.3, 0.4) is 0 Å². The van der Waals surface area contributed by atoms with E-state index in [4.69, 9.17) is 4.74 Å². The van der Waals surface area contributed by atoms with Gasteiger partial charge in [-0.3, -0.25) is 9.48 Å². The van der Waals surface area contributed by atoms with E-state index >= 15 is 0 Å². The summed E-state index contributed by atoms with van der Waals surface area (Å²) >= 11 is 0. The van der Waals surface area contributed by atoms with Crippen molar-refractivity contribution in [3.05, 3.63) is 41.6 Å². The van der Waals surface area contributed by atoms with Crippen molar-refractivity contribution in [1.82, 2.24) is 24.4 Å². The van der Waals surface area contributed by atoms with Crippen LogP contribution in [0.4, 0.5) is 14.5 Å². The highest BCUT2D eigenvalue weighted by Crippen LogP contribution is 2.34. The van der Waals surface area contributed by atoms with Crippen LogP contribution in [0.1, 0.15) is 85.6 Å². The quantitative estimate of drug-likeness (QED) is 0.596. The molecule has 0 unspecified atom stereocenters. The number of amides is 1. The number of carbonyl (C=O) groups excluding carboxylic acids is 1. The second kappa shape index (κ2) is 9.17. The summed E-state index contributed by atoms with van der Waals surface area (Å²) in [5, 5.41) is 11.0. The van der Waals surface area contributed by atoms with Crippen LogP contribution in [0, 0.1) is 5.92 Å². The molecule has 8 nitrogen and oxygen atoms in total. The van der Waals surface area contributed by atoms with Crippen molar-refractivity contribution in [2.24, 2.45) is 5.92 Å². The van der Waals surface area contributed by atoms with Crippen molar-refractivity contribution in [1.29, 1.82) is 0 Å². The van der Waals surface area contributed by atoms with Gasteiger partial charge in [-0.2, -0.15) is 10.2 Å². The van der Waals surface area contributed by atoms with Crippen LogP contribution in [0.2, 0.25) is 0 Å². The number of hydrogen-bond acceptors (Lipinski definition) is 5. The zero-order valence-electron chi connectivity index (χ0n) is 18.6. The van der Waals surface area contributed by atoms with Crippen LogP contribution in [0.15, 0.2) is 24.7 Å². The summed E-state index contributed by atoms with van der Waals surface area (Å²) in [6.07, 6.45) is 7.55. The minimum absolute atomic E-state index is 0.0357. The van der Waals surface area contributed by atoms with Crippen LogP contribution in [0.25, 0.3) is 5.65 Å². The molecule has 0 bridgehead atoms. The summed E-state index contributed by atoms with van der Waals surface area (Å²) in [6.45, 7) is 3.57. The van der Waals surface area contributed by atoms with Gasteiger partial charge in [0.05, 0.1) is 17.9 Å². The van der Waals surface area contributed by atoms with Crippen LogP contribution in [0.5, 0.6) is 0 Å². The molecule has 33 heavy (non-hydrogen) atoms. The Labute approximate surface area is 190 Å². The molecule has 0 atom stereocenters. The van der Waals surface area contributed by atoms with Gasteiger partial charge in [-0.1, -0.05) is 6.92 Å². The fourth-order valence-corrected chi connectivity index (χ4v) is 4.81. The van der Waals surface area contributed by atoms with Gasteiger partial charge < -0.3 is 10.1 Å². The molecule has 2 fully saturated rings. The lowest BCUT2D eigenvalue weighted by Crippen LogP contribution is -2.17. The average Bonchev–Trinajstić information content (AvgIpc) is 3.44. The average molecular weight is 459 g/mol. The molecule has 0 aromatic carbocycles. The fraction of sp³-hybridized carbons (Fsp3) is 0.565. The van der Waals surface area contributed by atoms with Gasteiger partial charge in [0.15, 0.2) is 11.3 Å². The van der Waals surface area contributed by atoms with Gasteiger partial charge >= 0.3 is 0 Å². The Morgan fingerprint density at radius 3 is 2.67 bits per heavy atom. The third kappa shape index (κ3) is 4.48. The molecule has 1 amide bonds. The molecule has 10 heteroatoms. The van der Waals surface area contributed by atoms with Crippen LogP contribution in [-0.4, -0.2) is 43.5 Å². The number of nitrogens with zero attached hydrogens (tertiary/aromatic N) is 5. The maximum absolute atomic E-state index is 13.7. The lowest BCUT2D eigenvalue weighted by Gasteiger charge is -2.26. The van der Waals surface area contributed by atoms with Gasteiger partial charge in [-0.25, -0.2) is 18.3 Å². The molecular weight excluding hydrogens is 430 g/mol. The molecule has 1 N–H and O–H groups in total. The Bertz CT molecular complexity index is 1130. The Kier molecular flexibility index (Phi) is 6.09. The molecule has 1 saturated heterocycles. The summed E-state index contributed by atoms with van der Waals surface area (Å²) in [7, 11) is 0. The predicted molar refractivity (Wildman–Crippen MR) is 118 cm³/mol. The number of rotatable bonds is 5. The first-order chi connectivity index (χ1) is 16.0. The van der Waals surface area contributed by atoms with E-state index in [1.807, 2.05) is 6.07 Å². The molecule has 4 heterocycles. The molecule has 1 aliphatic heterocycles. The lowest BCUT2D eigenvalue weighted by molar-refractivity contribution is 0.0845. The van der Waals surface area contributed by atoms with Gasteiger partial charge in [-0.05, 0) is 50.5 Å². The number of nitrogens with one attached hydrogen (secondary N) is 1. The van der Waals surface area contributed by atoms with E-state index in [2.05, 4.69) is 27.4 Å². The van der Waals surface area contributed by atoms with Gasteiger partial charge in [0.25, 0.3) is 12.3 Å². The largest absolute Gasteiger partial charge is 0.381 e. The zero-order valence-corrected chi connectivity index (χ0v) is 18.6. The number of ether oxygens (including phenoxy) is 1. The molecule has 176 valence electrons. The first-order valence-corrected chi connectivity index (χ1v) is 11.6. The lowest BCUT2D eigenvalue weighted by atomic mass is 9.87. The van der Waals surface area contributed by atoms with Crippen molar-refractivity contribution in [2.75, 3.05) is 18.5 Å². The molecule has 3 aromatic heterocycles. The van der Waals surface area contributed by atoms with Gasteiger partial charge in [0, 0.05) is 37.2 Å². The standard InChI is InChI=1S/C23H28F2N6O2/c1-14-2-4-16(5-3-14)31-13-19(20(29-31)21(24)25)28-23(32)17-12-26-30-9-6-18(27-22(17)30)15-7-10-33-11-8-15/h6,9,12-16,21H,2-5,7-8,10-11H2,1H3,(H,28,32). The van der Waals surface area contributed by atoms with E-state index in [1.54, 1.807) is 10.9 Å². The molecule has 3 aromatic rings. The maximum atomic E-state index is 13.7. The first kappa shape index (κ1) is 21.9. The van der Waals surface area contributed by atoms with Gasteiger partial charge in [-0.15, -0.1) is 0 Å². The number of anilines is 1. The van der Waals surface area contributed by atoms with E-state index in [1.165, 1.54) is 16.9 Å². The Morgan fingerprint density at radius 2 is 1.94 bits per heavy atom. The zero-order chi connectivity index (χ0) is 22.9. The van der Waals surface area contributed by atoms with E-state index < -0.39 is 18.0 Å². The normalized spacial score (nSPS) is 22.2. The van der Waals surface area contributed by atoms with Gasteiger partial charge in [0.2, 0.25) is 0 Å². The minimum atomic E-state index is -2.79. The predicted octanol–water partition coefficient (Wildman–Crippen LogP) is 4.76. The molecule has 5 rings (SSSR count). The summed E-state index contributed by atoms with van der Waals surface area (Å²) in [5.41, 5.74) is 1.16. The molecule has 1 aliphatic carbocycles. The van der Waals surface area contributed by atoms with Crippen molar-refractivity contribution in [3.63, 3.8) is 0 Å². The smallest absolute Gasteiger partial charge is 0.284 e. The Hall–Kier alpha value is -2.88. The fourth-order valence-electron chi connectivity index (χ4n) is 4.81. The molecular formula is C23H28F2N6O2. The topological polar surface area (TPSA) is 86.3 Å². The molecule has 0 spiro atoms. The van der Waals surface area contributed by atoms with Crippen LogP contribution < -0.4 is 5.32 Å². The molecule has 2 aliphatic rings. The summed E-state index contributed by atoms with van der Waals surface area (Å²) in [5.74, 6) is 0.372. The van der Waals surface area contributed by atoms with Crippen molar-refractivity contribution >= 4 is 17.2 Å². The van der Waals surface area contributed by atoms with E-state index in [-0.39, 0.29) is 23.2 Å². The van der Waals surface area contributed by atoms with E-state index in [9.17, 15) is 13.6 Å². The number of aromatic nitrogens is 5. The second-order valence-electron chi connectivity index (χ2n) is 9.14. The maximum Gasteiger partial charge on any atom is 0.284 e. The number of halogens is 2. The second-order valence-corrected chi connectivity index (χ2v) is 9.14. The third-order valence-corrected chi connectivity index (χ3v) is 6.85. The Balaban J connectivity index is 1.40. The number of fused-ring (bicyclic) bond motifs is 1. The summed E-state index contributed by atoms with van der Waals surface area (Å²) < 4.78 is 36.0. The monoisotopic (exact) mass is 458 g/mol. The SMILES string of the molecule is CC1CCC(n2cc(NC(=O)c3cnn4ccc(C5CCOCC5)nc34)c(C(F)F)n2)CC1. The van der Waals surface area contributed by atoms with Gasteiger partial charge in [0.1, 0.15) is 5.56 Å². The highest BCUT2D eigenvalue weighted by atomic mass is 19.3.